The predicted molar refractivity (Wildman–Crippen MR) is 66.9 cm³/mol. The number of aromatic nitrogens is 3. The molecule has 0 unspecified atom stereocenters. The van der Waals surface area contributed by atoms with Gasteiger partial charge in [0.05, 0.1) is 18.5 Å². The minimum absolute atomic E-state index is 0.0969. The molecule has 1 amide bonds. The van der Waals surface area contributed by atoms with Gasteiger partial charge in [-0.2, -0.15) is 0 Å². The Hall–Kier alpha value is -1.47. The number of ether oxygens (including phenoxy) is 1. The molecule has 1 heterocycles. The Labute approximate surface area is 107 Å². The van der Waals surface area contributed by atoms with Crippen LogP contribution in [0.15, 0.2) is 6.20 Å². The number of nitrogens with zero attached hydrogens (tertiary/aromatic N) is 3. The second-order valence-corrected chi connectivity index (χ2v) is 4.29. The van der Waals surface area contributed by atoms with E-state index in [1.165, 1.54) is 4.68 Å². The van der Waals surface area contributed by atoms with E-state index in [-0.39, 0.29) is 12.5 Å². The first-order chi connectivity index (χ1) is 8.61. The van der Waals surface area contributed by atoms with Gasteiger partial charge in [0.15, 0.2) is 0 Å². The predicted octanol–water partition coefficient (Wildman–Crippen LogP) is -0.461. The third kappa shape index (κ3) is 5.74. The zero-order valence-corrected chi connectivity index (χ0v) is 11.1. The van der Waals surface area contributed by atoms with Crippen molar-refractivity contribution in [3.8, 4) is 0 Å². The van der Waals surface area contributed by atoms with Gasteiger partial charge in [-0.05, 0) is 0 Å². The lowest BCUT2D eigenvalue weighted by molar-refractivity contribution is -0.122. The van der Waals surface area contributed by atoms with Gasteiger partial charge in [0.2, 0.25) is 5.91 Å². The summed E-state index contributed by atoms with van der Waals surface area (Å²) in [6.07, 6.45) is 1.77. The monoisotopic (exact) mass is 255 g/mol. The molecule has 0 radical (unpaired) electrons. The summed E-state index contributed by atoms with van der Waals surface area (Å²) >= 11 is 0. The highest BCUT2D eigenvalue weighted by Crippen LogP contribution is 1.93. The van der Waals surface area contributed by atoms with Gasteiger partial charge in [-0.25, -0.2) is 4.68 Å². The fourth-order valence-corrected chi connectivity index (χ4v) is 1.30. The van der Waals surface area contributed by atoms with E-state index in [1.807, 2.05) is 0 Å². The Bertz CT molecular complexity index is 364. The molecule has 7 heteroatoms. The van der Waals surface area contributed by atoms with Crippen LogP contribution in [0.4, 0.5) is 0 Å². The van der Waals surface area contributed by atoms with Crippen molar-refractivity contribution in [3.63, 3.8) is 0 Å². The number of amides is 1. The third-order valence-electron chi connectivity index (χ3n) is 2.21. The van der Waals surface area contributed by atoms with Crippen molar-refractivity contribution in [3.05, 3.63) is 11.9 Å². The highest BCUT2D eigenvalue weighted by Gasteiger charge is 2.05. The maximum Gasteiger partial charge on any atom is 0.241 e. The summed E-state index contributed by atoms with van der Waals surface area (Å²) in [4.78, 5) is 11.5. The Kier molecular flexibility index (Phi) is 6.31. The van der Waals surface area contributed by atoms with Gasteiger partial charge in [0, 0.05) is 26.2 Å². The van der Waals surface area contributed by atoms with Gasteiger partial charge in [-0.1, -0.05) is 19.1 Å². The molecule has 2 N–H and O–H groups in total. The average molecular weight is 255 g/mol. The maximum atomic E-state index is 11.5. The maximum absolute atomic E-state index is 11.5. The van der Waals surface area contributed by atoms with Crippen LogP contribution in [0.25, 0.3) is 0 Å². The van der Waals surface area contributed by atoms with Crippen LogP contribution in [0.1, 0.15) is 19.5 Å². The summed E-state index contributed by atoms with van der Waals surface area (Å²) in [7, 11) is 1.59. The molecule has 1 aromatic rings. The van der Waals surface area contributed by atoms with Crippen LogP contribution in [0.3, 0.4) is 0 Å². The van der Waals surface area contributed by atoms with E-state index in [4.69, 9.17) is 4.74 Å². The second-order valence-electron chi connectivity index (χ2n) is 4.29. The Morgan fingerprint density at radius 3 is 3.00 bits per heavy atom. The summed E-state index contributed by atoms with van der Waals surface area (Å²) < 4.78 is 6.37. The zero-order valence-electron chi connectivity index (χ0n) is 11.1. The van der Waals surface area contributed by atoms with Gasteiger partial charge in [-0.15, -0.1) is 5.10 Å². The highest BCUT2D eigenvalue weighted by molar-refractivity contribution is 5.75. The first kappa shape index (κ1) is 14.6. The molecule has 102 valence electrons. The van der Waals surface area contributed by atoms with Gasteiger partial charge >= 0.3 is 0 Å². The fraction of sp³-hybridized carbons (Fsp3) is 0.727. The van der Waals surface area contributed by atoms with Crippen molar-refractivity contribution < 1.29 is 9.53 Å². The molecule has 0 aliphatic carbocycles. The number of carbonyl (C=O) groups is 1. The lowest BCUT2D eigenvalue weighted by Gasteiger charge is -2.04. The first-order valence-electron chi connectivity index (χ1n) is 6.00. The summed E-state index contributed by atoms with van der Waals surface area (Å²) in [5.74, 6) is -0.0969. The van der Waals surface area contributed by atoms with Crippen molar-refractivity contribution >= 4 is 5.91 Å². The van der Waals surface area contributed by atoms with E-state index in [1.54, 1.807) is 13.3 Å². The summed E-state index contributed by atoms with van der Waals surface area (Å²) in [6.45, 7) is 5.97. The first-order valence-corrected chi connectivity index (χ1v) is 6.00. The number of hydrogen-bond donors (Lipinski definition) is 2. The number of nitrogens with one attached hydrogen (secondary N) is 2. The minimum Gasteiger partial charge on any atom is -0.383 e. The average Bonchev–Trinajstić information content (AvgIpc) is 2.74. The minimum atomic E-state index is -0.0969. The quantitative estimate of drug-likeness (QED) is 0.614. The number of hydrogen-bond acceptors (Lipinski definition) is 5. The smallest absolute Gasteiger partial charge is 0.241 e. The third-order valence-corrected chi connectivity index (χ3v) is 2.21. The van der Waals surface area contributed by atoms with Crippen LogP contribution >= 0.6 is 0 Å². The molecule has 0 aliphatic rings. The van der Waals surface area contributed by atoms with E-state index >= 15 is 0 Å². The molecule has 18 heavy (non-hydrogen) atoms. The summed E-state index contributed by atoms with van der Waals surface area (Å²) in [6, 6.07) is 0.396. The van der Waals surface area contributed by atoms with Crippen molar-refractivity contribution in [2.75, 3.05) is 20.3 Å². The SMILES string of the molecule is COCCNC(=O)Cn1cc(CNC(C)C)nn1. The lowest BCUT2D eigenvalue weighted by atomic mass is 10.3. The highest BCUT2D eigenvalue weighted by atomic mass is 16.5. The van der Waals surface area contributed by atoms with Gasteiger partial charge in [0.25, 0.3) is 0 Å². The van der Waals surface area contributed by atoms with Gasteiger partial charge in [0.1, 0.15) is 6.54 Å². The summed E-state index contributed by atoms with van der Waals surface area (Å²) in [5.41, 5.74) is 0.827. The molecule has 1 aromatic heterocycles. The van der Waals surface area contributed by atoms with Crippen LogP contribution in [-0.2, 0) is 22.6 Å². The largest absolute Gasteiger partial charge is 0.383 e. The van der Waals surface area contributed by atoms with Gasteiger partial charge < -0.3 is 15.4 Å². The normalized spacial score (nSPS) is 10.9. The lowest BCUT2D eigenvalue weighted by Crippen LogP contribution is -2.30. The second kappa shape index (κ2) is 7.78. The van der Waals surface area contributed by atoms with Gasteiger partial charge in [-0.3, -0.25) is 4.79 Å². The van der Waals surface area contributed by atoms with E-state index < -0.39 is 0 Å². The van der Waals surface area contributed by atoms with E-state index in [0.717, 1.165) is 5.69 Å². The standard InChI is InChI=1S/C11H21N5O2/c1-9(2)13-6-10-7-16(15-14-10)8-11(17)12-4-5-18-3/h7,9,13H,4-6,8H2,1-3H3,(H,12,17). The number of carbonyl (C=O) groups excluding carboxylic acids is 1. The molecule has 0 atom stereocenters. The molecule has 0 aliphatic heterocycles. The molecule has 0 spiro atoms. The molecule has 7 nitrogen and oxygen atoms in total. The van der Waals surface area contributed by atoms with Crippen molar-refractivity contribution in [2.24, 2.45) is 0 Å². The number of methoxy groups -OCH3 is 1. The molecule has 0 saturated heterocycles. The van der Waals surface area contributed by atoms with Crippen molar-refractivity contribution in [1.29, 1.82) is 0 Å². The zero-order chi connectivity index (χ0) is 13.4. The molecule has 0 aromatic carbocycles. The van der Waals surface area contributed by atoms with Crippen LogP contribution in [0, 0.1) is 0 Å². The van der Waals surface area contributed by atoms with E-state index in [0.29, 0.717) is 25.7 Å². The summed E-state index contributed by atoms with van der Waals surface area (Å²) in [5, 5.41) is 13.8. The Morgan fingerprint density at radius 2 is 2.33 bits per heavy atom. The Morgan fingerprint density at radius 1 is 1.56 bits per heavy atom. The molecule has 1 rings (SSSR count). The molecule has 0 fully saturated rings. The van der Waals surface area contributed by atoms with Crippen LogP contribution in [-0.4, -0.2) is 47.2 Å². The topological polar surface area (TPSA) is 81.1 Å². The van der Waals surface area contributed by atoms with E-state index in [2.05, 4.69) is 34.8 Å². The molecule has 0 bridgehead atoms. The molecular formula is C11H21N5O2. The Balaban J connectivity index is 2.32. The van der Waals surface area contributed by atoms with Crippen LogP contribution in [0.2, 0.25) is 0 Å². The molecular weight excluding hydrogens is 234 g/mol. The van der Waals surface area contributed by atoms with E-state index in [9.17, 15) is 4.79 Å². The van der Waals surface area contributed by atoms with Crippen molar-refractivity contribution in [2.45, 2.75) is 33.0 Å². The number of rotatable bonds is 8. The van der Waals surface area contributed by atoms with Crippen LogP contribution in [0.5, 0.6) is 0 Å². The molecule has 0 saturated carbocycles. The van der Waals surface area contributed by atoms with Crippen molar-refractivity contribution in [1.82, 2.24) is 25.6 Å². The fourth-order valence-electron chi connectivity index (χ4n) is 1.30. The van der Waals surface area contributed by atoms with Crippen LogP contribution < -0.4 is 10.6 Å².